The van der Waals surface area contributed by atoms with Gasteiger partial charge < -0.3 is 10.1 Å². The van der Waals surface area contributed by atoms with Gasteiger partial charge in [-0.15, -0.1) is 23.5 Å². The monoisotopic (exact) mass is 419 g/mol. The summed E-state index contributed by atoms with van der Waals surface area (Å²) in [5.41, 5.74) is 2.54. The van der Waals surface area contributed by atoms with Gasteiger partial charge in [0.1, 0.15) is 5.82 Å². The molecule has 0 spiro atoms. The number of halogens is 1. The molecular formula is C21H22FNO3S2. The maximum absolute atomic E-state index is 12.9. The van der Waals surface area contributed by atoms with E-state index in [1.807, 2.05) is 35.7 Å². The number of hydrogen-bond donors (Lipinski definition) is 1. The fraction of sp³-hybridized carbons (Fsp3) is 0.333. The third-order valence-corrected chi connectivity index (χ3v) is 7.42. The van der Waals surface area contributed by atoms with Gasteiger partial charge in [-0.05, 0) is 48.7 Å². The van der Waals surface area contributed by atoms with Crippen molar-refractivity contribution in [3.8, 4) is 0 Å². The zero-order chi connectivity index (χ0) is 19.9. The van der Waals surface area contributed by atoms with Gasteiger partial charge in [-0.3, -0.25) is 4.79 Å². The van der Waals surface area contributed by atoms with E-state index in [4.69, 9.17) is 4.74 Å². The van der Waals surface area contributed by atoms with E-state index in [0.717, 1.165) is 17.1 Å². The van der Waals surface area contributed by atoms with Crippen molar-refractivity contribution in [3.05, 3.63) is 71.0 Å². The van der Waals surface area contributed by atoms with Gasteiger partial charge in [-0.25, -0.2) is 9.18 Å². The van der Waals surface area contributed by atoms with Crippen molar-refractivity contribution in [2.75, 3.05) is 18.1 Å². The zero-order valence-corrected chi connectivity index (χ0v) is 17.2. The Morgan fingerprint density at radius 1 is 1.11 bits per heavy atom. The van der Waals surface area contributed by atoms with E-state index < -0.39 is 12.1 Å². The second-order valence-corrected chi connectivity index (χ2v) is 9.13. The quantitative estimate of drug-likeness (QED) is 0.682. The average molecular weight is 420 g/mol. The Morgan fingerprint density at radius 3 is 2.39 bits per heavy atom. The molecule has 1 aliphatic heterocycles. The molecule has 28 heavy (non-hydrogen) atoms. The highest BCUT2D eigenvalue weighted by atomic mass is 32.2. The molecule has 0 aromatic heterocycles. The smallest absolute Gasteiger partial charge is 0.338 e. The van der Waals surface area contributed by atoms with Gasteiger partial charge in [0.2, 0.25) is 0 Å². The first-order chi connectivity index (χ1) is 13.5. The molecule has 1 fully saturated rings. The predicted molar refractivity (Wildman–Crippen MR) is 112 cm³/mol. The molecule has 1 amide bonds. The Morgan fingerprint density at radius 2 is 1.75 bits per heavy atom. The van der Waals surface area contributed by atoms with Crippen LogP contribution in [0.4, 0.5) is 4.39 Å². The second-order valence-electron chi connectivity index (χ2n) is 6.41. The van der Waals surface area contributed by atoms with Crippen molar-refractivity contribution in [2.45, 2.75) is 24.0 Å². The zero-order valence-electron chi connectivity index (χ0n) is 15.5. The number of esters is 1. The molecule has 1 aliphatic rings. The number of benzene rings is 2. The van der Waals surface area contributed by atoms with E-state index in [1.165, 1.54) is 17.7 Å². The Hall–Kier alpha value is -1.99. The van der Waals surface area contributed by atoms with Crippen molar-refractivity contribution in [1.82, 2.24) is 5.32 Å². The molecule has 0 radical (unpaired) electrons. The van der Waals surface area contributed by atoms with Gasteiger partial charge in [0, 0.05) is 18.1 Å². The van der Waals surface area contributed by atoms with Gasteiger partial charge in [-0.2, -0.15) is 0 Å². The van der Waals surface area contributed by atoms with E-state index in [-0.39, 0.29) is 11.7 Å². The van der Waals surface area contributed by atoms with Crippen molar-refractivity contribution in [2.24, 2.45) is 0 Å². The molecule has 2 aromatic carbocycles. The van der Waals surface area contributed by atoms with Crippen LogP contribution in [0.3, 0.4) is 0 Å². The topological polar surface area (TPSA) is 55.4 Å². The summed E-state index contributed by atoms with van der Waals surface area (Å²) in [4.78, 5) is 24.4. The number of thioether (sulfide) groups is 2. The summed E-state index contributed by atoms with van der Waals surface area (Å²) >= 11 is 3.81. The Kier molecular flexibility index (Phi) is 7.39. The lowest BCUT2D eigenvalue weighted by Crippen LogP contribution is -2.36. The molecule has 1 atom stereocenters. The SMILES string of the molecule is C[C@H](OC(=O)c1ccc(C2SCCS2)cc1)C(=O)NCCc1ccc(F)cc1. The molecule has 1 saturated heterocycles. The van der Waals surface area contributed by atoms with E-state index in [9.17, 15) is 14.0 Å². The predicted octanol–water partition coefficient (Wildman–Crippen LogP) is 4.21. The van der Waals surface area contributed by atoms with Crippen molar-refractivity contribution < 1.29 is 18.7 Å². The molecule has 3 rings (SSSR count). The number of rotatable bonds is 7. The van der Waals surface area contributed by atoms with Crippen LogP contribution in [0.25, 0.3) is 0 Å². The van der Waals surface area contributed by atoms with Crippen molar-refractivity contribution in [3.63, 3.8) is 0 Å². The van der Waals surface area contributed by atoms with Crippen LogP contribution in [0.2, 0.25) is 0 Å². The Bertz CT molecular complexity index is 805. The van der Waals surface area contributed by atoms with E-state index in [0.29, 0.717) is 23.1 Å². The number of hydrogen-bond acceptors (Lipinski definition) is 5. The number of carbonyl (C=O) groups excluding carboxylic acids is 2. The summed E-state index contributed by atoms with van der Waals surface area (Å²) in [7, 11) is 0. The highest BCUT2D eigenvalue weighted by molar-refractivity contribution is 8.19. The maximum Gasteiger partial charge on any atom is 0.338 e. The molecule has 0 bridgehead atoms. The van der Waals surface area contributed by atoms with Crippen molar-refractivity contribution >= 4 is 35.4 Å². The molecule has 1 heterocycles. The van der Waals surface area contributed by atoms with Gasteiger partial charge in [-0.1, -0.05) is 24.3 Å². The normalized spacial score (nSPS) is 15.2. The molecule has 2 aromatic rings. The third-order valence-electron chi connectivity index (χ3n) is 4.32. The minimum atomic E-state index is -0.888. The maximum atomic E-state index is 12.9. The van der Waals surface area contributed by atoms with Crippen LogP contribution in [-0.2, 0) is 16.0 Å². The molecule has 7 heteroatoms. The number of carbonyl (C=O) groups is 2. The fourth-order valence-corrected chi connectivity index (χ4v) is 5.59. The van der Waals surface area contributed by atoms with Crippen LogP contribution in [0, 0.1) is 5.82 Å². The van der Waals surface area contributed by atoms with Gasteiger partial charge in [0.05, 0.1) is 10.1 Å². The van der Waals surface area contributed by atoms with E-state index in [2.05, 4.69) is 5.32 Å². The van der Waals surface area contributed by atoms with Crippen LogP contribution in [-0.4, -0.2) is 36.0 Å². The lowest BCUT2D eigenvalue weighted by Gasteiger charge is -2.14. The summed E-state index contributed by atoms with van der Waals surface area (Å²) < 4.78 is 18.6. The molecule has 0 aliphatic carbocycles. The molecule has 4 nitrogen and oxygen atoms in total. The largest absolute Gasteiger partial charge is 0.449 e. The van der Waals surface area contributed by atoms with E-state index in [1.54, 1.807) is 31.2 Å². The first-order valence-corrected chi connectivity index (χ1v) is 11.2. The molecule has 0 saturated carbocycles. The van der Waals surface area contributed by atoms with Gasteiger partial charge in [0.25, 0.3) is 5.91 Å². The Labute approximate surface area is 172 Å². The van der Waals surface area contributed by atoms with Crippen LogP contribution in [0.1, 0.15) is 33.0 Å². The number of ether oxygens (including phenoxy) is 1. The minimum Gasteiger partial charge on any atom is -0.449 e. The van der Waals surface area contributed by atoms with Crippen molar-refractivity contribution in [1.29, 1.82) is 0 Å². The molecule has 1 N–H and O–H groups in total. The third kappa shape index (κ3) is 5.75. The van der Waals surface area contributed by atoms with E-state index >= 15 is 0 Å². The van der Waals surface area contributed by atoms with Gasteiger partial charge in [0.15, 0.2) is 6.10 Å². The van der Waals surface area contributed by atoms with Gasteiger partial charge >= 0.3 is 5.97 Å². The Balaban J connectivity index is 1.44. The molecule has 0 unspecified atom stereocenters. The summed E-state index contributed by atoms with van der Waals surface area (Å²) in [5, 5.41) is 2.73. The summed E-state index contributed by atoms with van der Waals surface area (Å²) in [6.07, 6.45) is -0.313. The highest BCUT2D eigenvalue weighted by Gasteiger charge is 2.21. The van der Waals surface area contributed by atoms with Crippen LogP contribution in [0.15, 0.2) is 48.5 Å². The second kappa shape index (κ2) is 9.98. The average Bonchev–Trinajstić information content (AvgIpc) is 3.24. The summed E-state index contributed by atoms with van der Waals surface area (Å²) in [5.74, 6) is 1.13. The standard InChI is InChI=1S/C21H22FNO3S2/c1-14(19(24)23-11-10-15-2-8-18(22)9-3-15)26-20(25)16-4-6-17(7-5-16)21-27-12-13-28-21/h2-9,14,21H,10-13H2,1H3,(H,23,24)/t14-/m0/s1. The lowest BCUT2D eigenvalue weighted by molar-refractivity contribution is -0.129. The first kappa shape index (κ1) is 20.7. The fourth-order valence-electron chi connectivity index (χ4n) is 2.73. The highest BCUT2D eigenvalue weighted by Crippen LogP contribution is 2.45. The molecular weight excluding hydrogens is 397 g/mol. The van der Waals surface area contributed by atoms with Crippen LogP contribution >= 0.6 is 23.5 Å². The first-order valence-electron chi connectivity index (χ1n) is 9.09. The van der Waals surface area contributed by atoms with Crippen LogP contribution in [0.5, 0.6) is 0 Å². The lowest BCUT2D eigenvalue weighted by atomic mass is 10.1. The summed E-state index contributed by atoms with van der Waals surface area (Å²) in [6, 6.07) is 13.5. The number of amides is 1. The minimum absolute atomic E-state index is 0.290. The number of nitrogens with one attached hydrogen (secondary N) is 1. The summed E-state index contributed by atoms with van der Waals surface area (Å²) in [6.45, 7) is 1.93. The van der Waals surface area contributed by atoms with Crippen LogP contribution < -0.4 is 5.32 Å². The molecule has 148 valence electrons.